The van der Waals surface area contributed by atoms with Crippen LogP contribution in [0, 0.1) is 9.39 Å². The van der Waals surface area contributed by atoms with Crippen LogP contribution in [-0.4, -0.2) is 27.2 Å². The third kappa shape index (κ3) is 6.66. The van der Waals surface area contributed by atoms with Gasteiger partial charge in [-0.05, 0) is 77.2 Å². The molecule has 0 heterocycles. The third-order valence-electron chi connectivity index (χ3n) is 4.29. The molecule has 0 aromatic heterocycles. The zero-order valence-electron chi connectivity index (χ0n) is 16.6. The molecular formula is C22H20FIN2O4S. The maximum atomic E-state index is 14.0. The van der Waals surface area contributed by atoms with Gasteiger partial charge in [0.1, 0.15) is 11.6 Å². The van der Waals surface area contributed by atoms with Crippen molar-refractivity contribution in [3.8, 4) is 5.75 Å². The molecule has 0 fully saturated rings. The maximum absolute atomic E-state index is 14.0. The molecule has 0 unspecified atom stereocenters. The number of sulfonamides is 1. The molecule has 6 nitrogen and oxygen atoms in total. The minimum atomic E-state index is -3.65. The molecule has 1 amide bonds. The van der Waals surface area contributed by atoms with Crippen LogP contribution < -0.4 is 14.4 Å². The van der Waals surface area contributed by atoms with Crippen molar-refractivity contribution < 1.29 is 22.3 Å². The highest BCUT2D eigenvalue weighted by Crippen LogP contribution is 2.24. The summed E-state index contributed by atoms with van der Waals surface area (Å²) in [5.41, 5.74) is 1.29. The molecule has 9 heteroatoms. The van der Waals surface area contributed by atoms with Gasteiger partial charge in [0.05, 0.1) is 18.5 Å². The minimum Gasteiger partial charge on any atom is -0.484 e. The van der Waals surface area contributed by atoms with Gasteiger partial charge < -0.3 is 10.1 Å². The largest absolute Gasteiger partial charge is 0.484 e. The number of nitrogens with one attached hydrogen (secondary N) is 1. The lowest BCUT2D eigenvalue weighted by Crippen LogP contribution is -2.29. The lowest BCUT2D eigenvalue weighted by Gasteiger charge is -2.23. The second kappa shape index (κ2) is 10.1. The zero-order chi connectivity index (χ0) is 22.4. The molecule has 0 saturated carbocycles. The summed E-state index contributed by atoms with van der Waals surface area (Å²) in [6.45, 7) is -0.333. The molecule has 0 bridgehead atoms. The highest BCUT2D eigenvalue weighted by atomic mass is 127. The number of ether oxygens (including phenoxy) is 1. The molecule has 0 saturated heterocycles. The van der Waals surface area contributed by atoms with Crippen LogP contribution in [0.15, 0.2) is 72.8 Å². The average molecular weight is 554 g/mol. The first-order valence-corrected chi connectivity index (χ1v) is 12.1. The lowest BCUT2D eigenvalue weighted by atomic mass is 10.2. The van der Waals surface area contributed by atoms with Gasteiger partial charge >= 0.3 is 0 Å². The molecule has 0 atom stereocenters. The lowest BCUT2D eigenvalue weighted by molar-refractivity contribution is -0.118. The van der Waals surface area contributed by atoms with Crippen molar-refractivity contribution in [3.63, 3.8) is 0 Å². The van der Waals surface area contributed by atoms with Crippen LogP contribution in [-0.2, 0) is 21.4 Å². The van der Waals surface area contributed by atoms with Crippen molar-refractivity contribution in [2.24, 2.45) is 0 Å². The fourth-order valence-electron chi connectivity index (χ4n) is 2.77. The first-order chi connectivity index (χ1) is 14.7. The number of carbonyl (C=O) groups is 1. The molecule has 0 spiro atoms. The van der Waals surface area contributed by atoms with E-state index in [0.29, 0.717) is 17.1 Å². The highest BCUT2D eigenvalue weighted by molar-refractivity contribution is 14.1. The molecule has 0 aliphatic carbocycles. The number of hydrogen-bond acceptors (Lipinski definition) is 4. The van der Waals surface area contributed by atoms with E-state index < -0.39 is 15.8 Å². The number of nitrogens with zero attached hydrogens (tertiary/aromatic N) is 1. The van der Waals surface area contributed by atoms with Crippen molar-refractivity contribution >= 4 is 49.9 Å². The maximum Gasteiger partial charge on any atom is 0.262 e. The molecule has 0 radical (unpaired) electrons. The SMILES string of the molecule is CS(=O)(=O)N(Cc1ccccc1F)c1ccc(OCC(=O)Nc2ccc(I)cc2)cc1. The van der Waals surface area contributed by atoms with Crippen molar-refractivity contribution in [1.82, 2.24) is 0 Å². The molecular weight excluding hydrogens is 534 g/mol. The van der Waals surface area contributed by atoms with E-state index in [1.54, 1.807) is 48.5 Å². The number of halogens is 2. The summed E-state index contributed by atoms with van der Waals surface area (Å²) < 4.78 is 46.2. The van der Waals surface area contributed by atoms with Crippen molar-refractivity contribution in [2.75, 3.05) is 22.5 Å². The Labute approximate surface area is 194 Å². The van der Waals surface area contributed by atoms with Crippen LogP contribution in [0.3, 0.4) is 0 Å². The van der Waals surface area contributed by atoms with Gasteiger partial charge in [-0.15, -0.1) is 0 Å². The predicted molar refractivity (Wildman–Crippen MR) is 127 cm³/mol. The Morgan fingerprint density at radius 3 is 2.29 bits per heavy atom. The van der Waals surface area contributed by atoms with Crippen LogP contribution in [0.1, 0.15) is 5.56 Å². The molecule has 31 heavy (non-hydrogen) atoms. The van der Waals surface area contributed by atoms with Gasteiger partial charge in [0.2, 0.25) is 10.0 Å². The molecule has 3 rings (SSSR count). The van der Waals surface area contributed by atoms with Crippen LogP contribution in [0.4, 0.5) is 15.8 Å². The van der Waals surface area contributed by atoms with Gasteiger partial charge in [-0.3, -0.25) is 9.10 Å². The van der Waals surface area contributed by atoms with Crippen molar-refractivity contribution in [2.45, 2.75) is 6.54 Å². The first-order valence-electron chi connectivity index (χ1n) is 9.22. The van der Waals surface area contributed by atoms with Gasteiger partial charge in [0, 0.05) is 14.8 Å². The van der Waals surface area contributed by atoms with E-state index in [2.05, 4.69) is 27.9 Å². The minimum absolute atomic E-state index is 0.135. The normalized spacial score (nSPS) is 11.1. The van der Waals surface area contributed by atoms with Gasteiger partial charge in [-0.2, -0.15) is 0 Å². The van der Waals surface area contributed by atoms with E-state index >= 15 is 0 Å². The highest BCUT2D eigenvalue weighted by Gasteiger charge is 2.19. The summed E-state index contributed by atoms with van der Waals surface area (Å²) in [4.78, 5) is 12.1. The van der Waals surface area contributed by atoms with Crippen LogP contribution in [0.2, 0.25) is 0 Å². The summed E-state index contributed by atoms with van der Waals surface area (Å²) >= 11 is 2.18. The fourth-order valence-corrected chi connectivity index (χ4v) is 4.01. The Morgan fingerprint density at radius 2 is 1.68 bits per heavy atom. The smallest absolute Gasteiger partial charge is 0.262 e. The summed E-state index contributed by atoms with van der Waals surface area (Å²) in [6.07, 6.45) is 1.06. The van der Waals surface area contributed by atoms with Crippen LogP contribution >= 0.6 is 22.6 Å². The second-order valence-corrected chi connectivity index (χ2v) is 9.85. The van der Waals surface area contributed by atoms with E-state index in [9.17, 15) is 17.6 Å². The predicted octanol–water partition coefficient (Wildman–Crippen LogP) is 4.41. The van der Waals surface area contributed by atoms with Gasteiger partial charge in [0.15, 0.2) is 6.61 Å². The van der Waals surface area contributed by atoms with Crippen molar-refractivity contribution in [1.29, 1.82) is 0 Å². The first kappa shape index (κ1) is 23.0. The number of anilines is 2. The van der Waals surface area contributed by atoms with E-state index in [0.717, 1.165) is 14.1 Å². The van der Waals surface area contributed by atoms with Gasteiger partial charge in [-0.25, -0.2) is 12.8 Å². The molecule has 3 aromatic carbocycles. The molecule has 0 aliphatic rings. The molecule has 162 valence electrons. The quantitative estimate of drug-likeness (QED) is 0.419. The van der Waals surface area contributed by atoms with E-state index in [1.807, 2.05) is 12.1 Å². The number of amides is 1. The average Bonchev–Trinajstić information content (AvgIpc) is 2.73. The summed E-state index contributed by atoms with van der Waals surface area (Å²) in [5.74, 6) is -0.390. The Morgan fingerprint density at radius 1 is 1.03 bits per heavy atom. The number of rotatable bonds is 8. The van der Waals surface area contributed by atoms with Gasteiger partial charge in [-0.1, -0.05) is 18.2 Å². The van der Waals surface area contributed by atoms with Gasteiger partial charge in [0.25, 0.3) is 5.91 Å². The topological polar surface area (TPSA) is 75.7 Å². The standard InChI is InChI=1S/C22H20FIN2O4S/c1-31(28,29)26(14-16-4-2-3-5-21(16)23)19-10-12-20(13-11-19)30-15-22(27)25-18-8-6-17(24)7-9-18/h2-13H,14-15H2,1H3,(H,25,27). The fraction of sp³-hybridized carbons (Fsp3) is 0.136. The molecule has 1 N–H and O–H groups in total. The van der Waals surface area contributed by atoms with Crippen LogP contribution in [0.25, 0.3) is 0 Å². The summed E-state index contributed by atoms with van der Waals surface area (Å²) in [7, 11) is -3.65. The summed E-state index contributed by atoms with van der Waals surface area (Å²) in [5, 5.41) is 2.73. The Hall–Kier alpha value is -2.66. The second-order valence-electron chi connectivity index (χ2n) is 6.70. The van der Waals surface area contributed by atoms with Crippen LogP contribution in [0.5, 0.6) is 5.75 Å². The number of hydrogen-bond donors (Lipinski definition) is 1. The zero-order valence-corrected chi connectivity index (χ0v) is 19.6. The van der Waals surface area contributed by atoms with E-state index in [1.165, 1.54) is 12.1 Å². The van der Waals surface area contributed by atoms with E-state index in [-0.39, 0.29) is 24.6 Å². The van der Waals surface area contributed by atoms with Crippen molar-refractivity contribution in [3.05, 3.63) is 87.7 Å². The Bertz CT molecular complexity index is 1150. The number of carbonyl (C=O) groups excluding carboxylic acids is 1. The Balaban J connectivity index is 1.65. The molecule has 0 aliphatic heterocycles. The third-order valence-corrected chi connectivity index (χ3v) is 6.15. The summed E-state index contributed by atoms with van der Waals surface area (Å²) in [6, 6.07) is 19.6. The molecule has 3 aromatic rings. The number of benzene rings is 3. The Kier molecular flexibility index (Phi) is 7.50. The van der Waals surface area contributed by atoms with E-state index in [4.69, 9.17) is 4.74 Å². The monoisotopic (exact) mass is 554 g/mol.